The minimum Gasteiger partial charge on any atom is -0.463 e. The maximum absolute atomic E-state index is 14.4. The molecule has 2 aromatic heterocycles. The highest BCUT2D eigenvalue weighted by Gasteiger charge is 2.24. The van der Waals surface area contributed by atoms with Gasteiger partial charge < -0.3 is 9.64 Å². The zero-order valence-electron chi connectivity index (χ0n) is 13.2. The molecule has 0 radical (unpaired) electrons. The number of rotatable bonds is 5. The highest BCUT2D eigenvalue weighted by Crippen LogP contribution is 2.25. The smallest absolute Gasteiger partial charge is 0.316 e. The standard InChI is InChI=1S/C16H20FN5O/c1-2-13-14(17)15(21-11-20-13)22-8-3-5-12(9-22)10-23-16-18-6-4-7-19-16/h4,6-7,11-12H,2-3,5,8-10H2,1H3. The van der Waals surface area contributed by atoms with E-state index in [4.69, 9.17) is 4.74 Å². The summed E-state index contributed by atoms with van der Waals surface area (Å²) in [6.45, 7) is 3.93. The number of aromatic nitrogens is 4. The van der Waals surface area contributed by atoms with Crippen LogP contribution < -0.4 is 9.64 Å². The molecule has 0 spiro atoms. The van der Waals surface area contributed by atoms with Gasteiger partial charge in [0.15, 0.2) is 11.6 Å². The van der Waals surface area contributed by atoms with Crippen molar-refractivity contribution in [2.75, 3.05) is 24.6 Å². The fourth-order valence-electron chi connectivity index (χ4n) is 2.81. The van der Waals surface area contributed by atoms with E-state index in [1.165, 1.54) is 6.33 Å². The summed E-state index contributed by atoms with van der Waals surface area (Å²) in [5.41, 5.74) is 0.464. The first-order valence-corrected chi connectivity index (χ1v) is 7.92. The number of anilines is 1. The lowest BCUT2D eigenvalue weighted by Gasteiger charge is -2.33. The van der Waals surface area contributed by atoms with Gasteiger partial charge in [-0.3, -0.25) is 0 Å². The van der Waals surface area contributed by atoms with Gasteiger partial charge in [0, 0.05) is 31.4 Å². The highest BCUT2D eigenvalue weighted by molar-refractivity contribution is 5.41. The number of nitrogens with zero attached hydrogens (tertiary/aromatic N) is 5. The normalized spacial score (nSPS) is 18.0. The van der Waals surface area contributed by atoms with Gasteiger partial charge in [0.2, 0.25) is 0 Å². The molecule has 1 saturated heterocycles. The molecular weight excluding hydrogens is 297 g/mol. The molecule has 3 heterocycles. The molecule has 0 saturated carbocycles. The quantitative estimate of drug-likeness (QED) is 0.843. The van der Waals surface area contributed by atoms with Gasteiger partial charge >= 0.3 is 6.01 Å². The number of hydrogen-bond acceptors (Lipinski definition) is 6. The molecule has 1 fully saturated rings. The summed E-state index contributed by atoms with van der Waals surface area (Å²) in [4.78, 5) is 18.2. The minimum atomic E-state index is -0.303. The fourth-order valence-corrected chi connectivity index (χ4v) is 2.81. The van der Waals surface area contributed by atoms with Crippen LogP contribution in [0.2, 0.25) is 0 Å². The van der Waals surface area contributed by atoms with E-state index >= 15 is 0 Å². The summed E-state index contributed by atoms with van der Waals surface area (Å²) in [6.07, 6.45) is 7.32. The molecule has 0 N–H and O–H groups in total. The van der Waals surface area contributed by atoms with Crippen molar-refractivity contribution < 1.29 is 9.13 Å². The largest absolute Gasteiger partial charge is 0.463 e. The molecule has 0 aliphatic carbocycles. The first-order chi connectivity index (χ1) is 11.3. The molecule has 1 aliphatic rings. The van der Waals surface area contributed by atoms with Crippen LogP contribution in [0, 0.1) is 11.7 Å². The van der Waals surface area contributed by atoms with Crippen molar-refractivity contribution in [3.8, 4) is 6.01 Å². The van der Waals surface area contributed by atoms with E-state index in [0.29, 0.717) is 43.0 Å². The molecule has 0 amide bonds. The van der Waals surface area contributed by atoms with Crippen LogP contribution in [0.1, 0.15) is 25.5 Å². The van der Waals surface area contributed by atoms with E-state index in [-0.39, 0.29) is 5.82 Å². The second-order valence-corrected chi connectivity index (χ2v) is 5.61. The topological polar surface area (TPSA) is 64.0 Å². The third-order valence-corrected chi connectivity index (χ3v) is 3.99. The number of piperidine rings is 1. The van der Waals surface area contributed by atoms with Gasteiger partial charge in [-0.15, -0.1) is 0 Å². The van der Waals surface area contributed by atoms with Gasteiger partial charge in [0.05, 0.1) is 12.3 Å². The first kappa shape index (κ1) is 15.6. The Hall–Kier alpha value is -2.31. The van der Waals surface area contributed by atoms with Crippen LogP contribution in [0.3, 0.4) is 0 Å². The molecular formula is C16H20FN5O. The third-order valence-electron chi connectivity index (χ3n) is 3.99. The highest BCUT2D eigenvalue weighted by atomic mass is 19.1. The summed E-state index contributed by atoms with van der Waals surface area (Å²) < 4.78 is 20.0. The van der Waals surface area contributed by atoms with Gasteiger partial charge in [-0.1, -0.05) is 6.92 Å². The molecule has 1 atom stereocenters. The van der Waals surface area contributed by atoms with E-state index in [1.54, 1.807) is 18.5 Å². The molecule has 0 bridgehead atoms. The summed E-state index contributed by atoms with van der Waals surface area (Å²) in [5, 5.41) is 0. The van der Waals surface area contributed by atoms with Gasteiger partial charge in [0.25, 0.3) is 0 Å². The maximum atomic E-state index is 14.4. The monoisotopic (exact) mass is 317 g/mol. The molecule has 2 aromatic rings. The van der Waals surface area contributed by atoms with E-state index in [9.17, 15) is 4.39 Å². The van der Waals surface area contributed by atoms with Crippen molar-refractivity contribution >= 4 is 5.82 Å². The Labute approximate surface area is 134 Å². The Balaban J connectivity index is 1.64. The van der Waals surface area contributed by atoms with Crippen molar-refractivity contribution in [3.63, 3.8) is 0 Å². The van der Waals surface area contributed by atoms with Crippen LogP contribution in [-0.2, 0) is 6.42 Å². The zero-order valence-corrected chi connectivity index (χ0v) is 13.2. The SMILES string of the molecule is CCc1ncnc(N2CCCC(COc3ncccn3)C2)c1F. The Bertz CT molecular complexity index is 640. The molecule has 23 heavy (non-hydrogen) atoms. The van der Waals surface area contributed by atoms with Crippen molar-refractivity contribution in [2.45, 2.75) is 26.2 Å². The Kier molecular flexibility index (Phi) is 4.95. The second kappa shape index (κ2) is 7.30. The molecule has 7 heteroatoms. The van der Waals surface area contributed by atoms with E-state index in [2.05, 4.69) is 19.9 Å². The van der Waals surface area contributed by atoms with Gasteiger partial charge in [0.1, 0.15) is 6.33 Å². The van der Waals surface area contributed by atoms with Crippen molar-refractivity contribution in [3.05, 3.63) is 36.3 Å². The van der Waals surface area contributed by atoms with Crippen LogP contribution in [-0.4, -0.2) is 39.6 Å². The molecule has 3 rings (SSSR count). The summed E-state index contributed by atoms with van der Waals surface area (Å²) in [6, 6.07) is 2.13. The van der Waals surface area contributed by atoms with Gasteiger partial charge in [-0.2, -0.15) is 0 Å². The lowest BCUT2D eigenvalue weighted by Crippen LogP contribution is -2.39. The number of hydrogen-bond donors (Lipinski definition) is 0. The second-order valence-electron chi connectivity index (χ2n) is 5.61. The van der Waals surface area contributed by atoms with Gasteiger partial charge in [-0.25, -0.2) is 24.3 Å². The molecule has 122 valence electrons. The molecule has 1 aliphatic heterocycles. The van der Waals surface area contributed by atoms with Crippen LogP contribution in [0.5, 0.6) is 6.01 Å². The van der Waals surface area contributed by atoms with Crippen LogP contribution in [0.15, 0.2) is 24.8 Å². The van der Waals surface area contributed by atoms with Gasteiger partial charge in [-0.05, 0) is 25.3 Å². The van der Waals surface area contributed by atoms with Crippen molar-refractivity contribution in [2.24, 2.45) is 5.92 Å². The number of halogens is 1. The molecule has 1 unspecified atom stereocenters. The fraction of sp³-hybridized carbons (Fsp3) is 0.500. The lowest BCUT2D eigenvalue weighted by atomic mass is 9.99. The lowest BCUT2D eigenvalue weighted by molar-refractivity contribution is 0.213. The Morgan fingerprint density at radius 1 is 1.26 bits per heavy atom. The minimum absolute atomic E-state index is 0.298. The Morgan fingerprint density at radius 3 is 2.87 bits per heavy atom. The average molecular weight is 317 g/mol. The van der Waals surface area contributed by atoms with E-state index in [1.807, 2.05) is 11.8 Å². The average Bonchev–Trinajstić information content (AvgIpc) is 2.61. The number of aryl methyl sites for hydroxylation is 1. The van der Waals surface area contributed by atoms with Crippen LogP contribution >= 0.6 is 0 Å². The third kappa shape index (κ3) is 3.72. The zero-order chi connectivity index (χ0) is 16.1. The predicted molar refractivity (Wildman–Crippen MR) is 83.8 cm³/mol. The van der Waals surface area contributed by atoms with E-state index in [0.717, 1.165) is 19.4 Å². The Morgan fingerprint density at radius 2 is 2.09 bits per heavy atom. The summed E-state index contributed by atoms with van der Waals surface area (Å²) >= 11 is 0. The van der Waals surface area contributed by atoms with Crippen molar-refractivity contribution in [1.82, 2.24) is 19.9 Å². The summed E-state index contributed by atoms with van der Waals surface area (Å²) in [5.74, 6) is 0.396. The molecule has 6 nitrogen and oxygen atoms in total. The van der Waals surface area contributed by atoms with E-state index < -0.39 is 0 Å². The van der Waals surface area contributed by atoms with Crippen LogP contribution in [0.4, 0.5) is 10.2 Å². The maximum Gasteiger partial charge on any atom is 0.316 e. The predicted octanol–water partition coefficient (Wildman–Crippen LogP) is 2.26. The first-order valence-electron chi connectivity index (χ1n) is 7.92. The van der Waals surface area contributed by atoms with Crippen LogP contribution in [0.25, 0.3) is 0 Å². The summed E-state index contributed by atoms with van der Waals surface area (Å²) in [7, 11) is 0. The number of ether oxygens (including phenoxy) is 1. The van der Waals surface area contributed by atoms with Crippen molar-refractivity contribution in [1.29, 1.82) is 0 Å². The molecule has 0 aromatic carbocycles.